The summed E-state index contributed by atoms with van der Waals surface area (Å²) in [5.41, 5.74) is 10.9. The molecule has 2 heterocycles. The average molecular weight is 691 g/mol. The molecule has 0 bridgehead atoms. The summed E-state index contributed by atoms with van der Waals surface area (Å²) >= 11 is 0. The fourth-order valence-electron chi connectivity index (χ4n) is 9.68. The van der Waals surface area contributed by atoms with Crippen molar-refractivity contribution >= 4 is 65.4 Å². The van der Waals surface area contributed by atoms with E-state index in [9.17, 15) is 0 Å². The molecule has 0 saturated carbocycles. The lowest BCUT2D eigenvalue weighted by atomic mass is 9.74. The predicted octanol–water partition coefficient (Wildman–Crippen LogP) is 13.9. The van der Waals surface area contributed by atoms with Crippen molar-refractivity contribution in [2.75, 3.05) is 0 Å². The lowest BCUT2D eigenvalue weighted by molar-refractivity contribution is 0.430. The van der Waals surface area contributed by atoms with Crippen LogP contribution in [0.3, 0.4) is 0 Å². The van der Waals surface area contributed by atoms with Crippen molar-refractivity contribution in [1.29, 1.82) is 0 Å². The van der Waals surface area contributed by atoms with Gasteiger partial charge in [0.15, 0.2) is 0 Å². The van der Waals surface area contributed by atoms with Gasteiger partial charge in [0.1, 0.15) is 22.7 Å². The van der Waals surface area contributed by atoms with Gasteiger partial charge in [-0.2, -0.15) is 0 Å². The number of rotatable bonds is 3. The van der Waals surface area contributed by atoms with Crippen molar-refractivity contribution in [2.24, 2.45) is 11.8 Å². The van der Waals surface area contributed by atoms with E-state index in [4.69, 9.17) is 9.15 Å². The molecule has 2 heteroatoms. The molecule has 54 heavy (non-hydrogen) atoms. The molecule has 4 aliphatic rings. The topological polar surface area (TPSA) is 22.4 Å². The van der Waals surface area contributed by atoms with E-state index in [0.29, 0.717) is 11.8 Å². The molecule has 3 aliphatic carbocycles. The van der Waals surface area contributed by atoms with Crippen LogP contribution in [0.15, 0.2) is 186 Å². The number of para-hydroxylation sites is 1. The molecule has 8 aromatic rings. The van der Waals surface area contributed by atoms with Crippen molar-refractivity contribution in [3.63, 3.8) is 0 Å². The van der Waals surface area contributed by atoms with Gasteiger partial charge in [-0.05, 0) is 91.0 Å². The monoisotopic (exact) mass is 690 g/mol. The zero-order valence-electron chi connectivity index (χ0n) is 29.5. The minimum atomic E-state index is 0.194. The third-order valence-electron chi connectivity index (χ3n) is 12.2. The van der Waals surface area contributed by atoms with Crippen molar-refractivity contribution in [2.45, 2.75) is 12.3 Å². The normalized spacial score (nSPS) is 19.9. The summed E-state index contributed by atoms with van der Waals surface area (Å²) in [6.45, 7) is 0. The molecule has 0 radical (unpaired) electrons. The molecule has 0 saturated heterocycles. The summed E-state index contributed by atoms with van der Waals surface area (Å²) in [5.74, 6) is 2.92. The Morgan fingerprint density at radius 1 is 0.500 bits per heavy atom. The lowest BCUT2D eigenvalue weighted by Gasteiger charge is -2.29. The van der Waals surface area contributed by atoms with Gasteiger partial charge in [-0.25, -0.2) is 0 Å². The molecule has 0 fully saturated rings. The largest absolute Gasteiger partial charge is 0.460 e. The SMILES string of the molecule is C1=CC2C=CC=C(c3c4ccccc4c(-c4ccc(C5=CC=C6Oc7c(ccc8cc9oc%10ccccc%10c9cc78)C6C5)cc4)c4ccccc34)C2C=C1. The fraction of sp³-hybridized carbons (Fsp3) is 0.0769. The number of benzene rings is 7. The number of furan rings is 1. The van der Waals surface area contributed by atoms with Crippen LogP contribution in [0.25, 0.3) is 76.5 Å². The van der Waals surface area contributed by atoms with Gasteiger partial charge in [-0.15, -0.1) is 0 Å². The first-order chi connectivity index (χ1) is 26.8. The Kier molecular flexibility index (Phi) is 6.32. The van der Waals surface area contributed by atoms with Gasteiger partial charge in [-0.1, -0.05) is 152 Å². The summed E-state index contributed by atoms with van der Waals surface area (Å²) in [6.07, 6.45) is 21.3. The van der Waals surface area contributed by atoms with E-state index in [0.717, 1.165) is 50.6 Å². The third-order valence-corrected chi connectivity index (χ3v) is 12.2. The Morgan fingerprint density at radius 2 is 1.19 bits per heavy atom. The smallest absolute Gasteiger partial charge is 0.138 e. The van der Waals surface area contributed by atoms with Gasteiger partial charge in [-0.3, -0.25) is 0 Å². The first-order valence-electron chi connectivity index (χ1n) is 19.0. The maximum absolute atomic E-state index is 6.66. The summed E-state index contributed by atoms with van der Waals surface area (Å²) in [4.78, 5) is 0. The third kappa shape index (κ3) is 4.34. The standard InChI is InChI=1S/C52H34O2/c1-2-12-36-32(10-1)11-9-18-38(36)51-41-16-5-3-14-39(41)50(40-15-4-6-17-42(40)51)33-22-20-31(21-23-33)34-25-27-48-45(28-34)43-26-24-35-29-49-46(30-44(35)52(43)54-48)37-13-7-8-19-47(37)53-49/h1-27,29-30,32,36,45H,28H2. The van der Waals surface area contributed by atoms with Crippen LogP contribution in [-0.2, 0) is 0 Å². The Labute approximate surface area is 313 Å². The highest BCUT2D eigenvalue weighted by atomic mass is 16.5. The van der Waals surface area contributed by atoms with Crippen LogP contribution in [-0.4, -0.2) is 0 Å². The Morgan fingerprint density at radius 3 is 1.98 bits per heavy atom. The summed E-state index contributed by atoms with van der Waals surface area (Å²) in [6, 6.07) is 44.4. The maximum Gasteiger partial charge on any atom is 0.138 e. The zero-order chi connectivity index (χ0) is 35.3. The van der Waals surface area contributed by atoms with Gasteiger partial charge in [0.2, 0.25) is 0 Å². The first-order valence-corrected chi connectivity index (χ1v) is 19.0. The lowest BCUT2D eigenvalue weighted by Crippen LogP contribution is -2.15. The highest BCUT2D eigenvalue weighted by molar-refractivity contribution is 6.19. The molecule has 0 amide bonds. The second-order valence-electron chi connectivity index (χ2n) is 15.1. The molecule has 1 aliphatic heterocycles. The van der Waals surface area contributed by atoms with Gasteiger partial charge in [0.05, 0.1) is 0 Å². The van der Waals surface area contributed by atoms with Gasteiger partial charge < -0.3 is 9.15 Å². The Balaban J connectivity index is 0.915. The molecule has 2 nitrogen and oxygen atoms in total. The van der Waals surface area contributed by atoms with E-state index in [1.165, 1.54) is 60.5 Å². The van der Waals surface area contributed by atoms with Crippen LogP contribution in [0.2, 0.25) is 0 Å². The number of hydrogen-bond donors (Lipinski definition) is 0. The van der Waals surface area contributed by atoms with Crippen LogP contribution >= 0.6 is 0 Å². The summed E-state index contributed by atoms with van der Waals surface area (Å²) in [7, 11) is 0. The van der Waals surface area contributed by atoms with E-state index in [1.54, 1.807) is 0 Å². The van der Waals surface area contributed by atoms with Crippen LogP contribution in [0.4, 0.5) is 0 Å². The van der Waals surface area contributed by atoms with Crippen LogP contribution < -0.4 is 4.74 Å². The first kappa shape index (κ1) is 29.9. The molecule has 12 rings (SSSR count). The van der Waals surface area contributed by atoms with E-state index in [2.05, 4.69) is 164 Å². The summed E-state index contributed by atoms with van der Waals surface area (Å²) in [5, 5.41) is 9.73. The molecule has 0 spiro atoms. The van der Waals surface area contributed by atoms with Crippen molar-refractivity contribution < 1.29 is 9.15 Å². The number of allylic oxidation sites excluding steroid dienone is 12. The number of ether oxygens (including phenoxy) is 1. The fourth-order valence-corrected chi connectivity index (χ4v) is 9.68. The highest BCUT2D eigenvalue weighted by Gasteiger charge is 2.34. The Hall–Kier alpha value is -6.64. The second kappa shape index (κ2) is 11.4. The maximum atomic E-state index is 6.66. The molecule has 3 unspecified atom stereocenters. The van der Waals surface area contributed by atoms with Gasteiger partial charge in [0, 0.05) is 39.5 Å². The minimum Gasteiger partial charge on any atom is -0.460 e. The van der Waals surface area contributed by atoms with Gasteiger partial charge in [0.25, 0.3) is 0 Å². The molecule has 254 valence electrons. The van der Waals surface area contributed by atoms with Crippen LogP contribution in [0, 0.1) is 11.8 Å². The van der Waals surface area contributed by atoms with Gasteiger partial charge >= 0.3 is 0 Å². The van der Waals surface area contributed by atoms with E-state index in [-0.39, 0.29) is 5.92 Å². The Bertz CT molecular complexity index is 3050. The van der Waals surface area contributed by atoms with E-state index < -0.39 is 0 Å². The quantitative estimate of drug-likeness (QED) is 0.172. The molecule has 3 atom stereocenters. The predicted molar refractivity (Wildman–Crippen MR) is 225 cm³/mol. The van der Waals surface area contributed by atoms with Crippen LogP contribution in [0.5, 0.6) is 5.75 Å². The summed E-state index contributed by atoms with van der Waals surface area (Å²) < 4.78 is 12.9. The van der Waals surface area contributed by atoms with Crippen molar-refractivity contribution in [3.8, 4) is 16.9 Å². The average Bonchev–Trinajstić information content (AvgIpc) is 3.79. The minimum absolute atomic E-state index is 0.194. The van der Waals surface area contributed by atoms with E-state index in [1.807, 2.05) is 12.1 Å². The van der Waals surface area contributed by atoms with Crippen molar-refractivity contribution in [1.82, 2.24) is 0 Å². The van der Waals surface area contributed by atoms with E-state index >= 15 is 0 Å². The number of hydrogen-bond acceptors (Lipinski definition) is 2. The van der Waals surface area contributed by atoms with Crippen molar-refractivity contribution in [3.05, 3.63) is 198 Å². The zero-order valence-corrected chi connectivity index (χ0v) is 29.5. The van der Waals surface area contributed by atoms with Crippen LogP contribution in [0.1, 0.15) is 29.0 Å². The molecule has 7 aromatic carbocycles. The molecule has 0 N–H and O–H groups in total. The molecular weight excluding hydrogens is 657 g/mol. The number of fused-ring (bicyclic) bond motifs is 11. The molecular formula is C52H34O2. The second-order valence-corrected chi connectivity index (χ2v) is 15.1. The molecule has 1 aromatic heterocycles. The highest BCUT2D eigenvalue weighted by Crippen LogP contribution is 2.52.